The Morgan fingerprint density at radius 3 is 2.44 bits per heavy atom. The third-order valence-electron chi connectivity index (χ3n) is 4.18. The number of anilines is 1. The van der Waals surface area contributed by atoms with Crippen molar-refractivity contribution in [1.82, 2.24) is 9.78 Å². The molecule has 0 bridgehead atoms. The Balaban J connectivity index is 2.26. The predicted octanol–water partition coefficient (Wildman–Crippen LogP) is 2.68. The molecule has 0 aromatic carbocycles. The number of ether oxygens (including phenoxy) is 1. The average Bonchev–Trinajstić information content (AvgIpc) is 3.06. The molecule has 2 aromatic heterocycles. The van der Waals surface area contributed by atoms with Gasteiger partial charge in [-0.25, -0.2) is 4.79 Å². The van der Waals surface area contributed by atoms with Crippen molar-refractivity contribution in [1.29, 1.82) is 0 Å². The smallest absolute Gasteiger partial charge is 0.341 e. The number of hydrogen-bond acceptors (Lipinski definition) is 6. The molecule has 0 saturated heterocycles. The molecule has 0 saturated carbocycles. The molecule has 146 valence electrons. The first-order chi connectivity index (χ1) is 12.6. The number of halogens is 1. The molecule has 10 heteroatoms. The first kappa shape index (κ1) is 20.9. The highest BCUT2D eigenvalue weighted by Crippen LogP contribution is 2.33. The first-order valence-corrected chi connectivity index (χ1v) is 9.29. The van der Waals surface area contributed by atoms with E-state index in [0.29, 0.717) is 22.8 Å². The summed E-state index contributed by atoms with van der Waals surface area (Å²) < 4.78 is 6.42. The lowest BCUT2D eigenvalue weighted by atomic mass is 10.1. The fourth-order valence-electron chi connectivity index (χ4n) is 2.61. The molecule has 1 unspecified atom stereocenters. The molecule has 0 fully saturated rings. The van der Waals surface area contributed by atoms with E-state index in [2.05, 4.69) is 10.4 Å². The third kappa shape index (κ3) is 4.14. The van der Waals surface area contributed by atoms with Crippen molar-refractivity contribution in [2.24, 2.45) is 11.7 Å². The summed E-state index contributed by atoms with van der Waals surface area (Å²) in [5.74, 6) is -2.12. The Morgan fingerprint density at radius 1 is 1.33 bits per heavy atom. The van der Waals surface area contributed by atoms with Gasteiger partial charge >= 0.3 is 5.97 Å². The fourth-order valence-corrected chi connectivity index (χ4v) is 3.80. The monoisotopic (exact) mass is 412 g/mol. The number of nitrogens with zero attached hydrogens (tertiary/aromatic N) is 2. The van der Waals surface area contributed by atoms with Gasteiger partial charge in [-0.05, 0) is 26.3 Å². The molecular weight excluding hydrogens is 392 g/mol. The van der Waals surface area contributed by atoms with Gasteiger partial charge in [0.25, 0.3) is 5.91 Å². The zero-order chi connectivity index (χ0) is 20.5. The number of esters is 1. The molecule has 8 nitrogen and oxygen atoms in total. The summed E-state index contributed by atoms with van der Waals surface area (Å²) in [6.45, 7) is 7.24. The second-order valence-corrected chi connectivity index (χ2v) is 7.57. The van der Waals surface area contributed by atoms with E-state index in [1.165, 1.54) is 7.11 Å². The Kier molecular flexibility index (Phi) is 6.27. The summed E-state index contributed by atoms with van der Waals surface area (Å²) in [5.41, 5.74) is 7.32. The Labute approximate surface area is 165 Å². The van der Waals surface area contributed by atoms with Gasteiger partial charge in [-0.1, -0.05) is 18.5 Å². The highest BCUT2D eigenvalue weighted by atomic mass is 35.5. The van der Waals surface area contributed by atoms with Crippen LogP contribution in [-0.4, -0.2) is 34.7 Å². The lowest BCUT2D eigenvalue weighted by Gasteiger charge is -2.13. The Morgan fingerprint density at radius 2 is 1.96 bits per heavy atom. The van der Waals surface area contributed by atoms with Crippen LogP contribution in [0.25, 0.3) is 0 Å². The van der Waals surface area contributed by atoms with Crippen LogP contribution in [0.1, 0.15) is 43.9 Å². The van der Waals surface area contributed by atoms with E-state index in [-0.39, 0.29) is 21.3 Å². The summed E-state index contributed by atoms with van der Waals surface area (Å²) in [4.78, 5) is 36.5. The SMILES string of the molecule is COC(=O)c1c(NC(=O)C(C)Cn2nc(C)c(Cl)c2C)sc(C(N)=O)c1C. The largest absolute Gasteiger partial charge is 0.465 e. The number of rotatable bonds is 6. The summed E-state index contributed by atoms with van der Waals surface area (Å²) in [7, 11) is 1.23. The zero-order valence-electron chi connectivity index (χ0n) is 15.7. The standard InChI is InChI=1S/C17H21ClN4O4S/c1-7(6-22-10(4)12(18)9(3)21-22)15(24)20-16-11(17(25)26-5)8(2)13(27-16)14(19)23/h7H,6H2,1-5H3,(H2,19,23)(H,20,24). The average molecular weight is 413 g/mol. The van der Waals surface area contributed by atoms with E-state index in [1.807, 2.05) is 6.92 Å². The van der Waals surface area contributed by atoms with Crippen LogP contribution in [0.15, 0.2) is 0 Å². The molecule has 0 spiro atoms. The molecule has 0 aliphatic heterocycles. The van der Waals surface area contributed by atoms with Gasteiger partial charge in [-0.2, -0.15) is 5.10 Å². The van der Waals surface area contributed by atoms with Crippen molar-refractivity contribution < 1.29 is 19.1 Å². The van der Waals surface area contributed by atoms with Gasteiger partial charge in [0.15, 0.2) is 0 Å². The lowest BCUT2D eigenvalue weighted by molar-refractivity contribution is -0.119. The quantitative estimate of drug-likeness (QED) is 0.707. The summed E-state index contributed by atoms with van der Waals surface area (Å²) in [5, 5.41) is 7.81. The maximum atomic E-state index is 12.6. The third-order valence-corrected chi connectivity index (χ3v) is 5.95. The minimum Gasteiger partial charge on any atom is -0.465 e. The summed E-state index contributed by atoms with van der Waals surface area (Å²) in [6.07, 6.45) is 0. The number of thiophene rings is 1. The van der Waals surface area contributed by atoms with Gasteiger partial charge in [-0.3, -0.25) is 14.3 Å². The maximum Gasteiger partial charge on any atom is 0.341 e. The molecule has 2 amide bonds. The van der Waals surface area contributed by atoms with E-state index < -0.39 is 17.8 Å². The van der Waals surface area contributed by atoms with Gasteiger partial charge in [-0.15, -0.1) is 11.3 Å². The van der Waals surface area contributed by atoms with Crippen molar-refractivity contribution in [2.45, 2.75) is 34.2 Å². The van der Waals surface area contributed by atoms with Crippen LogP contribution < -0.4 is 11.1 Å². The fraction of sp³-hybridized carbons (Fsp3) is 0.412. The Hall–Kier alpha value is -2.39. The predicted molar refractivity (Wildman–Crippen MR) is 103 cm³/mol. The normalized spacial score (nSPS) is 11.9. The zero-order valence-corrected chi connectivity index (χ0v) is 17.2. The van der Waals surface area contributed by atoms with Crippen molar-refractivity contribution >= 4 is 45.7 Å². The molecular formula is C17H21ClN4O4S. The molecule has 2 rings (SSSR count). The van der Waals surface area contributed by atoms with Gasteiger partial charge in [0.05, 0.1) is 46.4 Å². The second kappa shape index (κ2) is 8.10. The molecule has 1 atom stereocenters. The number of methoxy groups -OCH3 is 1. The molecule has 0 aliphatic carbocycles. The van der Waals surface area contributed by atoms with Crippen LogP contribution >= 0.6 is 22.9 Å². The van der Waals surface area contributed by atoms with Crippen molar-refractivity contribution in [3.05, 3.63) is 32.4 Å². The van der Waals surface area contributed by atoms with Crippen LogP contribution in [0.3, 0.4) is 0 Å². The highest BCUT2D eigenvalue weighted by molar-refractivity contribution is 7.18. The van der Waals surface area contributed by atoms with Crippen molar-refractivity contribution in [3.8, 4) is 0 Å². The van der Waals surface area contributed by atoms with E-state index in [9.17, 15) is 14.4 Å². The number of amides is 2. The first-order valence-electron chi connectivity index (χ1n) is 8.10. The van der Waals surface area contributed by atoms with Crippen LogP contribution in [0.2, 0.25) is 5.02 Å². The number of carbonyl (C=O) groups is 3. The van der Waals surface area contributed by atoms with Gasteiger partial charge in [0.1, 0.15) is 5.00 Å². The van der Waals surface area contributed by atoms with Crippen LogP contribution in [-0.2, 0) is 16.1 Å². The van der Waals surface area contributed by atoms with Gasteiger partial charge in [0, 0.05) is 0 Å². The summed E-state index contributed by atoms with van der Waals surface area (Å²) in [6, 6.07) is 0. The Bertz CT molecular complexity index is 919. The molecule has 2 aromatic rings. The molecule has 27 heavy (non-hydrogen) atoms. The molecule has 0 aliphatic rings. The van der Waals surface area contributed by atoms with E-state index in [1.54, 1.807) is 25.5 Å². The summed E-state index contributed by atoms with van der Waals surface area (Å²) >= 11 is 7.08. The topological polar surface area (TPSA) is 116 Å². The number of nitrogens with one attached hydrogen (secondary N) is 1. The van der Waals surface area contributed by atoms with Crippen LogP contribution in [0, 0.1) is 26.7 Å². The van der Waals surface area contributed by atoms with E-state index in [4.69, 9.17) is 22.1 Å². The lowest BCUT2D eigenvalue weighted by Crippen LogP contribution is -2.25. The number of aromatic nitrogens is 2. The van der Waals surface area contributed by atoms with Gasteiger partial charge < -0.3 is 15.8 Å². The number of aryl methyl sites for hydroxylation is 1. The van der Waals surface area contributed by atoms with Crippen molar-refractivity contribution in [2.75, 3.05) is 12.4 Å². The van der Waals surface area contributed by atoms with Crippen LogP contribution in [0.5, 0.6) is 0 Å². The van der Waals surface area contributed by atoms with E-state index >= 15 is 0 Å². The number of primary amides is 1. The number of hydrogen-bond donors (Lipinski definition) is 2. The highest BCUT2D eigenvalue weighted by Gasteiger charge is 2.27. The maximum absolute atomic E-state index is 12.6. The van der Waals surface area contributed by atoms with E-state index in [0.717, 1.165) is 17.0 Å². The second-order valence-electron chi connectivity index (χ2n) is 6.17. The van der Waals surface area contributed by atoms with Crippen molar-refractivity contribution in [3.63, 3.8) is 0 Å². The van der Waals surface area contributed by atoms with Gasteiger partial charge in [0.2, 0.25) is 5.91 Å². The van der Waals surface area contributed by atoms with Crippen LogP contribution in [0.4, 0.5) is 5.00 Å². The number of nitrogens with two attached hydrogens (primary N) is 1. The molecule has 2 heterocycles. The minimum absolute atomic E-state index is 0.131. The molecule has 3 N–H and O–H groups in total. The minimum atomic E-state index is -0.673. The number of carbonyl (C=O) groups excluding carboxylic acids is 3. The molecule has 0 radical (unpaired) electrons.